The fourth-order valence-electron chi connectivity index (χ4n) is 4.40. The Labute approximate surface area is 191 Å². The van der Waals surface area contributed by atoms with E-state index in [0.717, 1.165) is 31.0 Å². The van der Waals surface area contributed by atoms with Crippen LogP contribution in [0.15, 0.2) is 47.4 Å². The molecule has 0 saturated carbocycles. The third-order valence-corrected chi connectivity index (χ3v) is 6.35. The van der Waals surface area contributed by atoms with Crippen LogP contribution in [-0.2, 0) is 17.9 Å². The molecule has 0 spiro atoms. The monoisotopic (exact) mass is 445 g/mol. The number of benzene rings is 1. The third kappa shape index (κ3) is 4.23. The number of amides is 1. The zero-order valence-corrected chi connectivity index (χ0v) is 18.9. The first kappa shape index (κ1) is 21.3. The predicted molar refractivity (Wildman–Crippen MR) is 125 cm³/mol. The summed E-state index contributed by atoms with van der Waals surface area (Å²) in [6.07, 6.45) is 2.32. The summed E-state index contributed by atoms with van der Waals surface area (Å²) in [7, 11) is 0. The van der Waals surface area contributed by atoms with Crippen LogP contribution in [0, 0.1) is 13.8 Å². The minimum Gasteiger partial charge on any atom is -0.340 e. The zero-order valence-electron chi connectivity index (χ0n) is 18.9. The molecule has 3 aromatic heterocycles. The van der Waals surface area contributed by atoms with E-state index in [4.69, 9.17) is 4.98 Å². The molecule has 1 aliphatic rings. The Kier molecular flexibility index (Phi) is 5.63. The van der Waals surface area contributed by atoms with Crippen molar-refractivity contribution in [2.24, 2.45) is 0 Å². The molecular weight excluding hydrogens is 418 g/mol. The number of aryl methyl sites for hydroxylation is 3. The van der Waals surface area contributed by atoms with Gasteiger partial charge in [-0.15, -0.1) is 5.10 Å². The van der Waals surface area contributed by atoms with Gasteiger partial charge in [-0.3, -0.25) is 14.5 Å². The number of rotatable bonds is 5. The summed E-state index contributed by atoms with van der Waals surface area (Å²) < 4.78 is 3.44. The first-order valence-corrected chi connectivity index (χ1v) is 11.3. The second kappa shape index (κ2) is 8.74. The minimum absolute atomic E-state index is 0.0398. The number of carbonyl (C=O) groups is 1. The SMILES string of the molecule is Cc1ccn2c(CN3CCN(C(=O)CCn4nnc5ccccc5c4=O)CC3)c(C)nc2c1. The topological polar surface area (TPSA) is 88.6 Å². The van der Waals surface area contributed by atoms with Gasteiger partial charge in [-0.2, -0.15) is 0 Å². The normalized spacial score (nSPS) is 14.9. The summed E-state index contributed by atoms with van der Waals surface area (Å²) in [5.74, 6) is 0.0398. The van der Waals surface area contributed by atoms with Crippen molar-refractivity contribution in [3.8, 4) is 0 Å². The van der Waals surface area contributed by atoms with Crippen molar-refractivity contribution in [2.45, 2.75) is 33.4 Å². The van der Waals surface area contributed by atoms with E-state index in [2.05, 4.69) is 51.8 Å². The fraction of sp³-hybridized carbons (Fsp3) is 0.375. The van der Waals surface area contributed by atoms with E-state index < -0.39 is 0 Å². The Bertz CT molecular complexity index is 1380. The van der Waals surface area contributed by atoms with Gasteiger partial charge in [0, 0.05) is 45.3 Å². The Morgan fingerprint density at radius 3 is 2.67 bits per heavy atom. The lowest BCUT2D eigenvalue weighted by atomic mass is 10.2. The first-order chi connectivity index (χ1) is 16.0. The van der Waals surface area contributed by atoms with Gasteiger partial charge in [-0.05, 0) is 43.7 Å². The summed E-state index contributed by atoms with van der Waals surface area (Å²) in [4.78, 5) is 34.3. The molecule has 9 heteroatoms. The molecule has 0 atom stereocenters. The lowest BCUT2D eigenvalue weighted by Crippen LogP contribution is -2.48. The van der Waals surface area contributed by atoms with Gasteiger partial charge in [0.15, 0.2) is 0 Å². The van der Waals surface area contributed by atoms with Crippen molar-refractivity contribution < 1.29 is 4.79 Å². The Morgan fingerprint density at radius 1 is 1.06 bits per heavy atom. The average Bonchev–Trinajstić information content (AvgIpc) is 3.13. The van der Waals surface area contributed by atoms with Gasteiger partial charge in [0.1, 0.15) is 11.2 Å². The molecule has 9 nitrogen and oxygen atoms in total. The van der Waals surface area contributed by atoms with E-state index in [9.17, 15) is 9.59 Å². The fourth-order valence-corrected chi connectivity index (χ4v) is 4.40. The lowest BCUT2D eigenvalue weighted by Gasteiger charge is -2.34. The Hall–Kier alpha value is -3.59. The largest absolute Gasteiger partial charge is 0.340 e. The molecule has 1 saturated heterocycles. The summed E-state index contributed by atoms with van der Waals surface area (Å²) in [5, 5.41) is 8.59. The molecule has 4 aromatic rings. The standard InChI is InChI=1S/C24H27N7O2/c1-17-7-9-30-21(18(2)25-22(30)15-17)16-28-11-13-29(14-12-28)23(32)8-10-31-24(33)19-5-3-4-6-20(19)26-27-31/h3-7,9,15H,8,10-14,16H2,1-2H3. The second-order valence-electron chi connectivity index (χ2n) is 8.62. The molecule has 0 bridgehead atoms. The highest BCUT2D eigenvalue weighted by Crippen LogP contribution is 2.17. The van der Waals surface area contributed by atoms with Crippen molar-refractivity contribution >= 4 is 22.5 Å². The van der Waals surface area contributed by atoms with Crippen LogP contribution in [0.1, 0.15) is 23.4 Å². The predicted octanol–water partition coefficient (Wildman–Crippen LogP) is 1.79. The van der Waals surface area contributed by atoms with E-state index >= 15 is 0 Å². The van der Waals surface area contributed by atoms with Gasteiger partial charge in [0.2, 0.25) is 5.91 Å². The van der Waals surface area contributed by atoms with Gasteiger partial charge in [0.25, 0.3) is 5.56 Å². The molecule has 33 heavy (non-hydrogen) atoms. The number of hydrogen-bond acceptors (Lipinski definition) is 6. The van der Waals surface area contributed by atoms with E-state index in [-0.39, 0.29) is 24.4 Å². The van der Waals surface area contributed by atoms with Crippen LogP contribution in [0.3, 0.4) is 0 Å². The average molecular weight is 446 g/mol. The van der Waals surface area contributed by atoms with E-state index in [0.29, 0.717) is 24.0 Å². The molecule has 0 aliphatic carbocycles. The lowest BCUT2D eigenvalue weighted by molar-refractivity contribution is -0.133. The van der Waals surface area contributed by atoms with Crippen molar-refractivity contribution in [1.82, 2.24) is 34.2 Å². The maximum atomic E-state index is 12.8. The van der Waals surface area contributed by atoms with Gasteiger partial charge in [-0.25, -0.2) is 9.67 Å². The number of hydrogen-bond donors (Lipinski definition) is 0. The van der Waals surface area contributed by atoms with Gasteiger partial charge < -0.3 is 9.30 Å². The molecule has 0 N–H and O–H groups in total. The number of nitrogens with zero attached hydrogens (tertiary/aromatic N) is 7. The zero-order chi connectivity index (χ0) is 22.9. The summed E-state index contributed by atoms with van der Waals surface area (Å²) in [5.41, 5.74) is 4.76. The molecule has 4 heterocycles. The van der Waals surface area contributed by atoms with E-state index in [1.54, 1.807) is 18.2 Å². The van der Waals surface area contributed by atoms with Crippen LogP contribution < -0.4 is 5.56 Å². The molecule has 1 amide bonds. The highest BCUT2D eigenvalue weighted by atomic mass is 16.2. The molecule has 5 rings (SSSR count). The van der Waals surface area contributed by atoms with E-state index in [1.807, 2.05) is 11.0 Å². The van der Waals surface area contributed by atoms with Crippen LogP contribution in [0.4, 0.5) is 0 Å². The summed E-state index contributed by atoms with van der Waals surface area (Å²) in [6.45, 7) is 8.12. The van der Waals surface area contributed by atoms with Gasteiger partial charge >= 0.3 is 0 Å². The van der Waals surface area contributed by atoms with Gasteiger partial charge in [-0.1, -0.05) is 17.3 Å². The van der Waals surface area contributed by atoms with Crippen molar-refractivity contribution in [3.63, 3.8) is 0 Å². The van der Waals surface area contributed by atoms with Crippen molar-refractivity contribution in [1.29, 1.82) is 0 Å². The van der Waals surface area contributed by atoms with E-state index in [1.165, 1.54) is 15.9 Å². The molecule has 170 valence electrons. The number of carbonyl (C=O) groups excluding carboxylic acids is 1. The smallest absolute Gasteiger partial charge is 0.277 e. The third-order valence-electron chi connectivity index (χ3n) is 6.35. The molecule has 1 fully saturated rings. The number of pyridine rings is 1. The highest BCUT2D eigenvalue weighted by molar-refractivity contribution is 5.77. The maximum absolute atomic E-state index is 12.8. The highest BCUT2D eigenvalue weighted by Gasteiger charge is 2.23. The quantitative estimate of drug-likeness (QED) is 0.465. The summed E-state index contributed by atoms with van der Waals surface area (Å²) >= 11 is 0. The number of fused-ring (bicyclic) bond motifs is 2. The van der Waals surface area contributed by atoms with Gasteiger partial charge in [0.05, 0.1) is 23.3 Å². The molecular formula is C24H27N7O2. The first-order valence-electron chi connectivity index (χ1n) is 11.3. The van der Waals surface area contributed by atoms with Crippen LogP contribution in [-0.4, -0.2) is 66.3 Å². The second-order valence-corrected chi connectivity index (χ2v) is 8.62. The van der Waals surface area contributed by atoms with Crippen LogP contribution in [0.25, 0.3) is 16.6 Å². The van der Waals surface area contributed by atoms with Crippen molar-refractivity contribution in [2.75, 3.05) is 26.2 Å². The molecule has 0 radical (unpaired) electrons. The van der Waals surface area contributed by atoms with Crippen LogP contribution >= 0.6 is 0 Å². The molecule has 1 aliphatic heterocycles. The molecule has 1 aromatic carbocycles. The Morgan fingerprint density at radius 2 is 1.85 bits per heavy atom. The number of aromatic nitrogens is 5. The Balaban J connectivity index is 1.18. The maximum Gasteiger partial charge on any atom is 0.277 e. The summed E-state index contributed by atoms with van der Waals surface area (Å²) in [6, 6.07) is 11.3. The van der Waals surface area contributed by atoms with Crippen LogP contribution in [0.2, 0.25) is 0 Å². The van der Waals surface area contributed by atoms with Crippen molar-refractivity contribution in [3.05, 3.63) is 69.9 Å². The van der Waals surface area contributed by atoms with Crippen LogP contribution in [0.5, 0.6) is 0 Å². The number of piperazine rings is 1. The minimum atomic E-state index is -0.211. The number of imidazole rings is 1. The molecule has 0 unspecified atom stereocenters.